The molecule has 0 saturated heterocycles. The number of hydrogen-bond acceptors (Lipinski definition) is 4. The first-order chi connectivity index (χ1) is 8.36. The van der Waals surface area contributed by atoms with Crippen molar-refractivity contribution in [3.8, 4) is 0 Å². The van der Waals surface area contributed by atoms with Crippen LogP contribution in [0.25, 0.3) is 4.96 Å². The van der Waals surface area contributed by atoms with Gasteiger partial charge in [0.15, 0.2) is 4.96 Å². The standard InChI is InChI=1S/C12H17N3S2/c1-16-11-4-2-3-10(11)13-7-9-8-15-5-6-17-12(15)14-9/h5-6,8,10-11,13H,2-4,7H2,1H3. The summed E-state index contributed by atoms with van der Waals surface area (Å²) < 4.78 is 2.10. The summed E-state index contributed by atoms with van der Waals surface area (Å²) in [5, 5.41) is 6.52. The fourth-order valence-corrected chi connectivity index (χ4v) is 4.22. The molecule has 2 aromatic heterocycles. The average molecular weight is 267 g/mol. The molecule has 92 valence electrons. The molecule has 2 unspecified atom stereocenters. The van der Waals surface area contributed by atoms with Crippen LogP contribution in [-0.4, -0.2) is 26.9 Å². The maximum absolute atomic E-state index is 4.60. The molecule has 1 saturated carbocycles. The second-order valence-corrected chi connectivity index (χ2v) is 6.47. The highest BCUT2D eigenvalue weighted by Crippen LogP contribution is 2.28. The van der Waals surface area contributed by atoms with Crippen molar-refractivity contribution >= 4 is 28.1 Å². The van der Waals surface area contributed by atoms with Gasteiger partial charge in [0.05, 0.1) is 5.69 Å². The summed E-state index contributed by atoms with van der Waals surface area (Å²) in [6.45, 7) is 0.899. The van der Waals surface area contributed by atoms with Crippen molar-refractivity contribution in [1.82, 2.24) is 14.7 Å². The lowest BCUT2D eigenvalue weighted by Crippen LogP contribution is -2.33. The minimum absolute atomic E-state index is 0.671. The van der Waals surface area contributed by atoms with E-state index in [9.17, 15) is 0 Å². The summed E-state index contributed by atoms with van der Waals surface area (Å²) in [5.41, 5.74) is 1.16. The number of thiazole rings is 1. The Hall–Kier alpha value is -0.520. The Labute approximate surface area is 110 Å². The Morgan fingerprint density at radius 1 is 1.59 bits per heavy atom. The van der Waals surface area contributed by atoms with Gasteiger partial charge in [-0.25, -0.2) is 4.98 Å². The van der Waals surface area contributed by atoms with E-state index in [1.807, 2.05) is 11.8 Å². The van der Waals surface area contributed by atoms with Crippen LogP contribution in [0.15, 0.2) is 17.8 Å². The Kier molecular flexibility index (Phi) is 3.40. The molecule has 1 fully saturated rings. The lowest BCUT2D eigenvalue weighted by molar-refractivity contribution is 0.528. The van der Waals surface area contributed by atoms with Crippen LogP contribution in [-0.2, 0) is 6.54 Å². The highest BCUT2D eigenvalue weighted by atomic mass is 32.2. The zero-order valence-corrected chi connectivity index (χ0v) is 11.6. The lowest BCUT2D eigenvalue weighted by atomic mass is 10.2. The van der Waals surface area contributed by atoms with Crippen molar-refractivity contribution in [3.05, 3.63) is 23.5 Å². The fourth-order valence-electron chi connectivity index (χ4n) is 2.54. The normalized spacial score (nSPS) is 24.8. The van der Waals surface area contributed by atoms with E-state index in [2.05, 4.69) is 38.7 Å². The molecule has 17 heavy (non-hydrogen) atoms. The molecule has 0 aliphatic heterocycles. The zero-order chi connectivity index (χ0) is 11.7. The van der Waals surface area contributed by atoms with Gasteiger partial charge < -0.3 is 5.32 Å². The van der Waals surface area contributed by atoms with Gasteiger partial charge in [-0.1, -0.05) is 6.42 Å². The monoisotopic (exact) mass is 267 g/mol. The first-order valence-electron chi connectivity index (χ1n) is 6.04. The Balaban J connectivity index is 1.62. The van der Waals surface area contributed by atoms with Crippen LogP contribution in [0.5, 0.6) is 0 Å². The average Bonchev–Trinajstić information content (AvgIpc) is 3.00. The van der Waals surface area contributed by atoms with Gasteiger partial charge in [-0.3, -0.25) is 4.40 Å². The summed E-state index contributed by atoms with van der Waals surface area (Å²) in [6.07, 6.45) is 10.4. The van der Waals surface area contributed by atoms with Crippen LogP contribution in [0.4, 0.5) is 0 Å². The number of rotatable bonds is 4. The molecule has 2 atom stereocenters. The van der Waals surface area contributed by atoms with Crippen molar-refractivity contribution in [2.45, 2.75) is 37.1 Å². The third kappa shape index (κ3) is 2.37. The van der Waals surface area contributed by atoms with E-state index in [-0.39, 0.29) is 0 Å². The van der Waals surface area contributed by atoms with E-state index >= 15 is 0 Å². The summed E-state index contributed by atoms with van der Waals surface area (Å²) >= 11 is 3.69. The van der Waals surface area contributed by atoms with Gasteiger partial charge >= 0.3 is 0 Å². The number of imidazole rings is 1. The van der Waals surface area contributed by atoms with Crippen LogP contribution in [0.1, 0.15) is 25.0 Å². The van der Waals surface area contributed by atoms with Crippen LogP contribution < -0.4 is 5.32 Å². The van der Waals surface area contributed by atoms with Crippen LogP contribution >= 0.6 is 23.1 Å². The van der Waals surface area contributed by atoms with Crippen LogP contribution in [0, 0.1) is 0 Å². The molecule has 0 aromatic carbocycles. The Bertz CT molecular complexity index is 462. The molecule has 0 amide bonds. The quantitative estimate of drug-likeness (QED) is 0.923. The van der Waals surface area contributed by atoms with Gasteiger partial charge in [0, 0.05) is 35.6 Å². The number of aromatic nitrogens is 2. The third-order valence-electron chi connectivity index (χ3n) is 3.44. The molecule has 2 heterocycles. The highest BCUT2D eigenvalue weighted by molar-refractivity contribution is 7.99. The molecule has 5 heteroatoms. The molecule has 0 radical (unpaired) electrons. The van der Waals surface area contributed by atoms with Gasteiger partial charge in [0.2, 0.25) is 0 Å². The molecule has 1 N–H and O–H groups in total. The van der Waals surface area contributed by atoms with E-state index in [1.165, 1.54) is 19.3 Å². The highest BCUT2D eigenvalue weighted by Gasteiger charge is 2.25. The molecule has 0 spiro atoms. The lowest BCUT2D eigenvalue weighted by Gasteiger charge is -2.18. The molecule has 3 nitrogen and oxygen atoms in total. The van der Waals surface area contributed by atoms with Gasteiger partial charge in [-0.2, -0.15) is 11.8 Å². The van der Waals surface area contributed by atoms with Crippen molar-refractivity contribution in [2.75, 3.05) is 6.26 Å². The van der Waals surface area contributed by atoms with Crippen molar-refractivity contribution in [2.24, 2.45) is 0 Å². The smallest absolute Gasteiger partial charge is 0.193 e. The van der Waals surface area contributed by atoms with Crippen molar-refractivity contribution in [1.29, 1.82) is 0 Å². The molecule has 3 rings (SSSR count). The molecular formula is C12H17N3S2. The van der Waals surface area contributed by atoms with Gasteiger partial charge in [-0.05, 0) is 19.1 Å². The molecule has 1 aliphatic rings. The first-order valence-corrected chi connectivity index (χ1v) is 8.21. The van der Waals surface area contributed by atoms with E-state index in [0.29, 0.717) is 6.04 Å². The van der Waals surface area contributed by atoms with Gasteiger partial charge in [0.1, 0.15) is 0 Å². The molecule has 2 aromatic rings. The number of hydrogen-bond donors (Lipinski definition) is 1. The second kappa shape index (κ2) is 5.00. The molecule has 0 bridgehead atoms. The molecular weight excluding hydrogens is 250 g/mol. The number of thioether (sulfide) groups is 1. The Morgan fingerprint density at radius 3 is 3.35 bits per heavy atom. The maximum atomic E-state index is 4.60. The number of nitrogens with one attached hydrogen (secondary N) is 1. The minimum atomic E-state index is 0.671. The van der Waals surface area contributed by atoms with E-state index in [4.69, 9.17) is 0 Å². The largest absolute Gasteiger partial charge is 0.307 e. The first kappa shape index (κ1) is 11.6. The zero-order valence-electron chi connectivity index (χ0n) is 9.93. The SMILES string of the molecule is CSC1CCCC1NCc1cn2ccsc2n1. The topological polar surface area (TPSA) is 29.3 Å². The third-order valence-corrected chi connectivity index (χ3v) is 5.38. The van der Waals surface area contributed by atoms with E-state index < -0.39 is 0 Å². The minimum Gasteiger partial charge on any atom is -0.307 e. The summed E-state index contributed by atoms with van der Waals surface area (Å²) in [5.74, 6) is 0. The van der Waals surface area contributed by atoms with Gasteiger partial charge in [-0.15, -0.1) is 11.3 Å². The van der Waals surface area contributed by atoms with Crippen molar-refractivity contribution < 1.29 is 0 Å². The molecule has 1 aliphatic carbocycles. The van der Waals surface area contributed by atoms with Crippen LogP contribution in [0.3, 0.4) is 0 Å². The number of nitrogens with zero attached hydrogens (tertiary/aromatic N) is 2. The van der Waals surface area contributed by atoms with Crippen LogP contribution in [0.2, 0.25) is 0 Å². The predicted molar refractivity (Wildman–Crippen MR) is 74.9 cm³/mol. The van der Waals surface area contributed by atoms with E-state index in [1.54, 1.807) is 11.3 Å². The number of fused-ring (bicyclic) bond motifs is 1. The summed E-state index contributed by atoms with van der Waals surface area (Å²) in [7, 11) is 0. The summed E-state index contributed by atoms with van der Waals surface area (Å²) in [4.78, 5) is 5.69. The maximum Gasteiger partial charge on any atom is 0.193 e. The Morgan fingerprint density at radius 2 is 2.53 bits per heavy atom. The second-order valence-electron chi connectivity index (χ2n) is 4.52. The van der Waals surface area contributed by atoms with E-state index in [0.717, 1.165) is 22.4 Å². The predicted octanol–water partition coefficient (Wildman–Crippen LogP) is 2.77. The van der Waals surface area contributed by atoms with Crippen molar-refractivity contribution in [3.63, 3.8) is 0 Å². The van der Waals surface area contributed by atoms with Gasteiger partial charge in [0.25, 0.3) is 0 Å². The summed E-state index contributed by atoms with van der Waals surface area (Å²) in [6, 6.07) is 0.671. The fraction of sp³-hybridized carbons (Fsp3) is 0.583.